The quantitative estimate of drug-likeness (QED) is 0.664. The summed E-state index contributed by atoms with van der Waals surface area (Å²) in [7, 11) is -2.10. The van der Waals surface area contributed by atoms with Crippen LogP contribution in [0.4, 0.5) is 13.2 Å². The topological polar surface area (TPSA) is 0 Å². The van der Waals surface area contributed by atoms with Gasteiger partial charge in [-0.05, 0) is 17.7 Å². The van der Waals surface area contributed by atoms with Crippen LogP contribution in [-0.2, 0) is 0 Å². The van der Waals surface area contributed by atoms with Crippen molar-refractivity contribution in [3.05, 3.63) is 41.7 Å². The summed E-state index contributed by atoms with van der Waals surface area (Å²) in [5.74, 6) is -0.409. The Morgan fingerprint density at radius 1 is 1.00 bits per heavy atom. The van der Waals surface area contributed by atoms with Gasteiger partial charge in [0, 0.05) is 5.20 Å². The van der Waals surface area contributed by atoms with E-state index < -0.39 is 20.0 Å². The average molecular weight is 230 g/mol. The summed E-state index contributed by atoms with van der Waals surface area (Å²) in [4.78, 5) is 0. The lowest BCUT2D eigenvalue weighted by Crippen LogP contribution is -2.23. The molecule has 82 valence electrons. The van der Waals surface area contributed by atoms with E-state index in [4.69, 9.17) is 0 Å². The van der Waals surface area contributed by atoms with E-state index in [1.807, 2.05) is 19.6 Å². The van der Waals surface area contributed by atoms with Crippen molar-refractivity contribution < 1.29 is 13.2 Å². The van der Waals surface area contributed by atoms with E-state index in [-0.39, 0.29) is 5.20 Å². The zero-order valence-corrected chi connectivity index (χ0v) is 9.94. The molecule has 1 aromatic carbocycles. The first-order valence-corrected chi connectivity index (χ1v) is 8.14. The zero-order valence-electron chi connectivity index (χ0n) is 8.94. The lowest BCUT2D eigenvalue weighted by Gasteiger charge is -2.19. The maximum absolute atomic E-state index is 12.8. The van der Waals surface area contributed by atoms with Crippen molar-refractivity contribution in [1.82, 2.24) is 0 Å². The number of rotatable bonds is 2. The number of benzene rings is 1. The summed E-state index contributed by atoms with van der Waals surface area (Å²) in [6.45, 7) is 5.51. The van der Waals surface area contributed by atoms with E-state index in [0.717, 1.165) is 0 Å². The summed E-state index contributed by atoms with van der Waals surface area (Å²) >= 11 is 0. The van der Waals surface area contributed by atoms with Gasteiger partial charge in [-0.3, -0.25) is 0 Å². The van der Waals surface area contributed by atoms with E-state index in [0.29, 0.717) is 5.56 Å². The van der Waals surface area contributed by atoms with Crippen LogP contribution in [0.25, 0.3) is 5.20 Å². The van der Waals surface area contributed by atoms with Gasteiger partial charge < -0.3 is 0 Å². The van der Waals surface area contributed by atoms with Crippen LogP contribution >= 0.6 is 0 Å². The Balaban J connectivity index is 3.25. The summed E-state index contributed by atoms with van der Waals surface area (Å²) in [5.41, 5.74) is 0.426. The molecule has 0 amide bonds. The Bertz CT molecular complexity index is 370. The molecule has 0 nitrogen and oxygen atoms in total. The fourth-order valence-corrected chi connectivity index (χ4v) is 3.04. The Hall–Kier alpha value is -1.03. The molecule has 4 heteroatoms. The third-order valence-corrected chi connectivity index (χ3v) is 4.05. The van der Waals surface area contributed by atoms with Gasteiger partial charge in [0.05, 0.1) is 8.07 Å². The predicted molar refractivity (Wildman–Crippen MR) is 58.9 cm³/mol. The molecule has 0 saturated carbocycles. The van der Waals surface area contributed by atoms with Crippen molar-refractivity contribution in [3.8, 4) is 0 Å². The molecule has 0 heterocycles. The SMILES string of the molecule is C[Si](C)(C)C(=C(F)F)c1ccc(F)cc1. The van der Waals surface area contributed by atoms with E-state index >= 15 is 0 Å². The van der Waals surface area contributed by atoms with Crippen LogP contribution in [-0.4, -0.2) is 8.07 Å². The van der Waals surface area contributed by atoms with Crippen LogP contribution in [0.3, 0.4) is 0 Å². The minimum Gasteiger partial charge on any atom is -0.207 e. The van der Waals surface area contributed by atoms with Crippen molar-refractivity contribution in [2.75, 3.05) is 0 Å². The van der Waals surface area contributed by atoms with Gasteiger partial charge in [0.1, 0.15) is 5.82 Å². The Kier molecular flexibility index (Phi) is 3.39. The fraction of sp³-hybridized carbons (Fsp3) is 0.273. The Morgan fingerprint density at radius 3 is 1.80 bits per heavy atom. The minimum absolute atomic E-state index is 0.0995. The first kappa shape index (κ1) is 12.0. The highest BCUT2D eigenvalue weighted by atomic mass is 28.3. The molecule has 0 aliphatic heterocycles. The monoisotopic (exact) mass is 230 g/mol. The molecule has 0 spiro atoms. The van der Waals surface area contributed by atoms with Gasteiger partial charge in [0.15, 0.2) is 0 Å². The minimum atomic E-state index is -2.10. The van der Waals surface area contributed by atoms with Gasteiger partial charge >= 0.3 is 0 Å². The first-order valence-electron chi connectivity index (χ1n) is 4.64. The highest BCUT2D eigenvalue weighted by Gasteiger charge is 2.25. The van der Waals surface area contributed by atoms with Crippen LogP contribution in [0.15, 0.2) is 30.3 Å². The maximum atomic E-state index is 12.8. The smallest absolute Gasteiger partial charge is 0.207 e. The van der Waals surface area contributed by atoms with Crippen molar-refractivity contribution in [1.29, 1.82) is 0 Å². The number of hydrogen-bond acceptors (Lipinski definition) is 0. The van der Waals surface area contributed by atoms with E-state index in [9.17, 15) is 13.2 Å². The number of hydrogen-bond donors (Lipinski definition) is 0. The molecule has 0 aliphatic rings. The van der Waals surface area contributed by atoms with E-state index in [1.165, 1.54) is 24.3 Å². The van der Waals surface area contributed by atoms with Gasteiger partial charge in [-0.25, -0.2) is 4.39 Å². The van der Waals surface area contributed by atoms with Crippen molar-refractivity contribution >= 4 is 13.3 Å². The Labute approximate surface area is 88.4 Å². The van der Waals surface area contributed by atoms with Gasteiger partial charge in [-0.1, -0.05) is 31.8 Å². The van der Waals surface area contributed by atoms with E-state index in [1.54, 1.807) is 0 Å². The third-order valence-electron chi connectivity index (χ3n) is 2.07. The van der Waals surface area contributed by atoms with E-state index in [2.05, 4.69) is 0 Å². The molecule has 0 saturated heterocycles. The highest BCUT2D eigenvalue weighted by Crippen LogP contribution is 2.30. The Morgan fingerprint density at radius 2 is 1.47 bits per heavy atom. The second kappa shape index (κ2) is 4.22. The van der Waals surface area contributed by atoms with Crippen molar-refractivity contribution in [3.63, 3.8) is 0 Å². The molecule has 0 fully saturated rings. The molecule has 0 unspecified atom stereocenters. The first-order chi connectivity index (χ1) is 6.82. The highest BCUT2D eigenvalue weighted by molar-refractivity contribution is 6.93. The predicted octanol–water partition coefficient (Wildman–Crippen LogP) is 4.31. The van der Waals surface area contributed by atoms with Gasteiger partial charge in [0.2, 0.25) is 0 Å². The molecule has 0 radical (unpaired) electrons. The summed E-state index contributed by atoms with van der Waals surface area (Å²) in [6, 6.07) is 5.22. The summed E-state index contributed by atoms with van der Waals surface area (Å²) in [6.07, 6.45) is -1.65. The maximum Gasteiger partial charge on any atom is 0.270 e. The molecular formula is C11H13F3Si. The third kappa shape index (κ3) is 2.96. The molecular weight excluding hydrogens is 217 g/mol. The van der Waals surface area contributed by atoms with Gasteiger partial charge in [0.25, 0.3) is 6.08 Å². The molecule has 15 heavy (non-hydrogen) atoms. The van der Waals surface area contributed by atoms with Crippen LogP contribution in [0.1, 0.15) is 5.56 Å². The van der Waals surface area contributed by atoms with Crippen molar-refractivity contribution in [2.24, 2.45) is 0 Å². The van der Waals surface area contributed by atoms with Crippen LogP contribution < -0.4 is 0 Å². The normalized spacial score (nSPS) is 11.3. The van der Waals surface area contributed by atoms with Crippen LogP contribution in [0.2, 0.25) is 19.6 Å². The lowest BCUT2D eigenvalue weighted by molar-refractivity contribution is 0.427. The number of halogens is 3. The van der Waals surface area contributed by atoms with Gasteiger partial charge in [-0.2, -0.15) is 8.78 Å². The zero-order chi connectivity index (χ0) is 11.6. The van der Waals surface area contributed by atoms with Crippen LogP contribution in [0.5, 0.6) is 0 Å². The van der Waals surface area contributed by atoms with Crippen LogP contribution in [0, 0.1) is 5.82 Å². The second-order valence-corrected chi connectivity index (χ2v) is 9.39. The molecule has 0 aliphatic carbocycles. The molecule has 0 aromatic heterocycles. The molecule has 0 atom stereocenters. The summed E-state index contributed by atoms with van der Waals surface area (Å²) in [5, 5.41) is 0.0995. The molecule has 0 N–H and O–H groups in total. The largest absolute Gasteiger partial charge is 0.270 e. The fourth-order valence-electron chi connectivity index (χ4n) is 1.44. The average Bonchev–Trinajstić information content (AvgIpc) is 2.05. The molecule has 1 rings (SSSR count). The van der Waals surface area contributed by atoms with Gasteiger partial charge in [-0.15, -0.1) is 0 Å². The summed E-state index contributed by atoms with van der Waals surface area (Å²) < 4.78 is 38.3. The molecule has 1 aromatic rings. The standard InChI is InChI=1S/C11H13F3Si/c1-15(2,3)10(11(13)14)8-4-6-9(12)7-5-8/h4-7H,1-3H3. The molecule has 0 bridgehead atoms. The van der Waals surface area contributed by atoms with Crippen molar-refractivity contribution in [2.45, 2.75) is 19.6 Å². The lowest BCUT2D eigenvalue weighted by atomic mass is 10.2. The second-order valence-electron chi connectivity index (χ2n) is 4.39.